The first-order valence-corrected chi connectivity index (χ1v) is 8.85. The molecule has 7 nitrogen and oxygen atoms in total. The van der Waals surface area contributed by atoms with E-state index in [1.54, 1.807) is 18.3 Å². The molecule has 2 aromatic rings. The molecule has 0 radical (unpaired) electrons. The zero-order chi connectivity index (χ0) is 15.2. The van der Waals surface area contributed by atoms with Crippen LogP contribution in [-0.4, -0.2) is 34.4 Å². The van der Waals surface area contributed by atoms with Crippen molar-refractivity contribution in [1.29, 1.82) is 0 Å². The minimum absolute atomic E-state index is 0.198. The minimum atomic E-state index is -3.59. The highest BCUT2D eigenvalue weighted by molar-refractivity contribution is 7.89. The summed E-state index contributed by atoms with van der Waals surface area (Å²) in [6.07, 6.45) is 6.58. The van der Waals surface area contributed by atoms with Gasteiger partial charge in [0, 0.05) is 24.9 Å². The average molecular weight is 320 g/mol. The maximum absolute atomic E-state index is 12.8. The lowest BCUT2D eigenvalue weighted by Gasteiger charge is -2.21. The highest BCUT2D eigenvalue weighted by atomic mass is 32.2. The van der Waals surface area contributed by atoms with E-state index in [0.717, 1.165) is 19.3 Å². The summed E-state index contributed by atoms with van der Waals surface area (Å²) in [5, 5.41) is 3.99. The Bertz CT molecular complexity index is 770. The predicted octanol–water partition coefficient (Wildman–Crippen LogP) is 1.87. The zero-order valence-electron chi connectivity index (χ0n) is 11.9. The molecule has 2 fully saturated rings. The first-order valence-electron chi connectivity index (χ1n) is 7.41. The van der Waals surface area contributed by atoms with E-state index in [4.69, 9.17) is 4.52 Å². The molecule has 0 spiro atoms. The second kappa shape index (κ2) is 5.13. The molecule has 116 valence electrons. The quantitative estimate of drug-likeness (QED) is 0.854. The molecule has 1 saturated carbocycles. The summed E-state index contributed by atoms with van der Waals surface area (Å²) in [6.45, 7) is 0.461. The van der Waals surface area contributed by atoms with Crippen molar-refractivity contribution >= 4 is 10.0 Å². The summed E-state index contributed by atoms with van der Waals surface area (Å²) in [6, 6.07) is 2.81. The molecular weight excluding hydrogens is 304 g/mol. The molecule has 0 aromatic carbocycles. The van der Waals surface area contributed by atoms with Crippen LogP contribution in [0.4, 0.5) is 0 Å². The van der Waals surface area contributed by atoms with Gasteiger partial charge in [0.1, 0.15) is 10.9 Å². The molecule has 1 saturated heterocycles. The van der Waals surface area contributed by atoms with Crippen LogP contribution in [0, 0.1) is 0 Å². The van der Waals surface area contributed by atoms with Crippen molar-refractivity contribution in [2.75, 3.05) is 6.54 Å². The fraction of sp³-hybridized carbons (Fsp3) is 0.500. The number of sulfonamides is 1. The van der Waals surface area contributed by atoms with Crippen LogP contribution in [0.5, 0.6) is 0 Å². The molecule has 0 amide bonds. The Kier molecular flexibility index (Phi) is 3.23. The lowest BCUT2D eigenvalue weighted by atomic mass is 10.2. The highest BCUT2D eigenvalue weighted by Gasteiger charge is 2.40. The Balaban J connectivity index is 1.65. The maximum Gasteiger partial charge on any atom is 0.245 e. The van der Waals surface area contributed by atoms with Crippen LogP contribution >= 0.6 is 0 Å². The van der Waals surface area contributed by atoms with E-state index in [9.17, 15) is 8.42 Å². The van der Waals surface area contributed by atoms with Crippen LogP contribution in [0.25, 0.3) is 0 Å². The monoisotopic (exact) mass is 320 g/mol. The minimum Gasteiger partial charge on any atom is -0.338 e. The van der Waals surface area contributed by atoms with Gasteiger partial charge in [-0.05, 0) is 37.8 Å². The van der Waals surface area contributed by atoms with Gasteiger partial charge in [0.15, 0.2) is 5.82 Å². The Morgan fingerprint density at radius 3 is 2.86 bits per heavy atom. The molecule has 1 atom stereocenters. The van der Waals surface area contributed by atoms with Crippen molar-refractivity contribution in [2.45, 2.75) is 42.5 Å². The first kappa shape index (κ1) is 13.8. The number of hydrogen-bond acceptors (Lipinski definition) is 6. The second-order valence-electron chi connectivity index (χ2n) is 5.73. The molecule has 2 aliphatic rings. The van der Waals surface area contributed by atoms with Crippen molar-refractivity contribution in [3.63, 3.8) is 0 Å². The van der Waals surface area contributed by atoms with Crippen molar-refractivity contribution < 1.29 is 12.9 Å². The lowest BCUT2D eigenvalue weighted by molar-refractivity contribution is 0.289. The third-order valence-electron chi connectivity index (χ3n) is 4.13. The van der Waals surface area contributed by atoms with Gasteiger partial charge in [-0.1, -0.05) is 5.16 Å². The van der Waals surface area contributed by atoms with E-state index in [0.29, 0.717) is 30.6 Å². The number of hydrogen-bond donors (Lipinski definition) is 0. The Morgan fingerprint density at radius 2 is 2.14 bits per heavy atom. The van der Waals surface area contributed by atoms with Gasteiger partial charge in [-0.3, -0.25) is 4.98 Å². The Hall–Kier alpha value is -1.80. The van der Waals surface area contributed by atoms with Crippen LogP contribution in [0.2, 0.25) is 0 Å². The van der Waals surface area contributed by atoms with Gasteiger partial charge in [-0.2, -0.15) is 9.29 Å². The molecule has 1 aliphatic carbocycles. The van der Waals surface area contributed by atoms with E-state index in [-0.39, 0.29) is 10.9 Å². The first-order chi connectivity index (χ1) is 10.7. The largest absolute Gasteiger partial charge is 0.338 e. The van der Waals surface area contributed by atoms with Crippen LogP contribution < -0.4 is 0 Å². The SMILES string of the molecule is O=S(=O)(c1cccnc1)N1CCCC1c1nc(C2CC2)no1. The third-order valence-corrected chi connectivity index (χ3v) is 6.02. The molecule has 1 unspecified atom stereocenters. The van der Waals surface area contributed by atoms with Gasteiger partial charge in [-0.25, -0.2) is 8.42 Å². The van der Waals surface area contributed by atoms with Gasteiger partial charge in [0.2, 0.25) is 15.9 Å². The molecule has 8 heteroatoms. The molecule has 2 aromatic heterocycles. The highest BCUT2D eigenvalue weighted by Crippen LogP contribution is 2.40. The van der Waals surface area contributed by atoms with E-state index in [2.05, 4.69) is 15.1 Å². The predicted molar refractivity (Wildman–Crippen MR) is 76.4 cm³/mol. The summed E-state index contributed by atoms with van der Waals surface area (Å²) in [7, 11) is -3.59. The number of rotatable bonds is 4. The van der Waals surface area contributed by atoms with Crippen molar-refractivity contribution in [3.05, 3.63) is 36.2 Å². The van der Waals surface area contributed by atoms with Gasteiger partial charge in [-0.15, -0.1) is 0 Å². The van der Waals surface area contributed by atoms with E-state index >= 15 is 0 Å². The van der Waals surface area contributed by atoms with Gasteiger partial charge in [0.25, 0.3) is 0 Å². The molecule has 0 bridgehead atoms. The standard InChI is InChI=1S/C14H16N4O3S/c19-22(20,11-3-1-7-15-9-11)18-8-2-4-12(18)14-16-13(17-21-14)10-5-6-10/h1,3,7,9-10,12H,2,4-6,8H2. The van der Waals surface area contributed by atoms with Crippen LogP contribution in [0.1, 0.15) is 49.4 Å². The fourth-order valence-electron chi connectivity index (χ4n) is 2.80. The summed E-state index contributed by atoms with van der Waals surface area (Å²) in [5.74, 6) is 1.51. The molecule has 0 N–H and O–H groups in total. The van der Waals surface area contributed by atoms with Crippen molar-refractivity contribution in [3.8, 4) is 0 Å². The van der Waals surface area contributed by atoms with Crippen molar-refractivity contribution in [1.82, 2.24) is 19.4 Å². The van der Waals surface area contributed by atoms with Crippen LogP contribution in [0.15, 0.2) is 33.9 Å². The molecular formula is C14H16N4O3S. The number of nitrogens with zero attached hydrogens (tertiary/aromatic N) is 4. The van der Waals surface area contributed by atoms with Crippen LogP contribution in [0.3, 0.4) is 0 Å². The van der Waals surface area contributed by atoms with Gasteiger partial charge >= 0.3 is 0 Å². The molecule has 3 heterocycles. The van der Waals surface area contributed by atoms with Crippen LogP contribution in [-0.2, 0) is 10.0 Å². The number of aromatic nitrogens is 3. The maximum atomic E-state index is 12.8. The number of pyridine rings is 1. The van der Waals surface area contributed by atoms with E-state index in [1.165, 1.54) is 10.5 Å². The van der Waals surface area contributed by atoms with Gasteiger partial charge < -0.3 is 4.52 Å². The normalized spacial score (nSPS) is 23.0. The molecule has 22 heavy (non-hydrogen) atoms. The zero-order valence-corrected chi connectivity index (χ0v) is 12.7. The molecule has 4 rings (SSSR count). The van der Waals surface area contributed by atoms with Crippen molar-refractivity contribution in [2.24, 2.45) is 0 Å². The second-order valence-corrected chi connectivity index (χ2v) is 7.62. The summed E-state index contributed by atoms with van der Waals surface area (Å²) >= 11 is 0. The average Bonchev–Trinajstić information content (AvgIpc) is 3.07. The molecule has 1 aliphatic heterocycles. The Morgan fingerprint density at radius 1 is 1.27 bits per heavy atom. The fourth-order valence-corrected chi connectivity index (χ4v) is 4.42. The van der Waals surface area contributed by atoms with E-state index < -0.39 is 10.0 Å². The topological polar surface area (TPSA) is 89.2 Å². The van der Waals surface area contributed by atoms with Gasteiger partial charge in [0.05, 0.1) is 0 Å². The summed E-state index contributed by atoms with van der Waals surface area (Å²) in [5.41, 5.74) is 0. The van der Waals surface area contributed by atoms with E-state index in [1.807, 2.05) is 0 Å². The Labute approximate surface area is 128 Å². The lowest BCUT2D eigenvalue weighted by Crippen LogP contribution is -2.31. The summed E-state index contributed by atoms with van der Waals surface area (Å²) < 4.78 is 32.3. The third kappa shape index (κ3) is 2.32. The summed E-state index contributed by atoms with van der Waals surface area (Å²) in [4.78, 5) is 8.51. The smallest absolute Gasteiger partial charge is 0.245 e.